The summed E-state index contributed by atoms with van der Waals surface area (Å²) in [6, 6.07) is 4.38. The van der Waals surface area contributed by atoms with Gasteiger partial charge in [0, 0.05) is 29.5 Å². The summed E-state index contributed by atoms with van der Waals surface area (Å²) in [5.41, 5.74) is 0. The van der Waals surface area contributed by atoms with Gasteiger partial charge in [0.05, 0.1) is 6.10 Å². The van der Waals surface area contributed by atoms with E-state index < -0.39 is 0 Å². The lowest BCUT2D eigenvalue weighted by molar-refractivity contribution is 0.0168. The summed E-state index contributed by atoms with van der Waals surface area (Å²) in [6.45, 7) is 5.08. The van der Waals surface area contributed by atoms with Crippen LogP contribution in [-0.4, -0.2) is 19.3 Å². The number of nitrogens with one attached hydrogen (secondary N) is 1. The third kappa shape index (κ3) is 3.59. The molecule has 2 rings (SSSR count). The van der Waals surface area contributed by atoms with Crippen molar-refractivity contribution >= 4 is 11.3 Å². The average Bonchev–Trinajstić information content (AvgIpc) is 2.66. The van der Waals surface area contributed by atoms with Crippen molar-refractivity contribution in [2.24, 2.45) is 0 Å². The lowest BCUT2D eigenvalue weighted by atomic mass is 10.1. The first-order valence-corrected chi connectivity index (χ1v) is 6.54. The number of rotatable bonds is 4. The van der Waals surface area contributed by atoms with Gasteiger partial charge in [-0.15, -0.1) is 11.3 Å². The molecule has 0 amide bonds. The van der Waals surface area contributed by atoms with E-state index in [1.165, 1.54) is 29.0 Å². The average molecular weight is 225 g/mol. The molecule has 1 aromatic heterocycles. The monoisotopic (exact) mass is 225 g/mol. The number of thiophene rings is 1. The van der Waals surface area contributed by atoms with Crippen LogP contribution < -0.4 is 5.32 Å². The van der Waals surface area contributed by atoms with E-state index in [-0.39, 0.29) is 0 Å². The molecule has 15 heavy (non-hydrogen) atoms. The SMILES string of the molecule is Cc1ccc(CNCC2CCCCO2)s1. The highest BCUT2D eigenvalue weighted by Gasteiger charge is 2.12. The molecule has 0 radical (unpaired) electrons. The zero-order valence-electron chi connectivity index (χ0n) is 9.29. The molecule has 1 saturated heterocycles. The first-order chi connectivity index (χ1) is 7.34. The molecule has 84 valence electrons. The molecule has 1 aliphatic rings. The fourth-order valence-electron chi connectivity index (χ4n) is 1.90. The summed E-state index contributed by atoms with van der Waals surface area (Å²) in [6.07, 6.45) is 4.22. The van der Waals surface area contributed by atoms with Crippen molar-refractivity contribution < 1.29 is 4.74 Å². The van der Waals surface area contributed by atoms with Gasteiger partial charge in [-0.2, -0.15) is 0 Å². The summed E-state index contributed by atoms with van der Waals surface area (Å²) in [7, 11) is 0. The molecule has 2 heterocycles. The minimum absolute atomic E-state index is 0.444. The molecule has 0 aromatic carbocycles. The van der Waals surface area contributed by atoms with E-state index in [0.29, 0.717) is 6.10 Å². The van der Waals surface area contributed by atoms with Crippen LogP contribution in [-0.2, 0) is 11.3 Å². The molecule has 1 fully saturated rings. The van der Waals surface area contributed by atoms with Crippen LogP contribution in [0.15, 0.2) is 12.1 Å². The summed E-state index contributed by atoms with van der Waals surface area (Å²) in [5, 5.41) is 3.47. The van der Waals surface area contributed by atoms with Crippen LogP contribution >= 0.6 is 11.3 Å². The maximum absolute atomic E-state index is 5.66. The first kappa shape index (κ1) is 11.1. The normalized spacial score (nSPS) is 21.8. The highest BCUT2D eigenvalue weighted by molar-refractivity contribution is 7.11. The molecular weight excluding hydrogens is 206 g/mol. The van der Waals surface area contributed by atoms with Crippen molar-refractivity contribution in [3.8, 4) is 0 Å². The number of hydrogen-bond donors (Lipinski definition) is 1. The Bertz CT molecular complexity index is 292. The number of ether oxygens (including phenoxy) is 1. The van der Waals surface area contributed by atoms with Gasteiger partial charge in [0.1, 0.15) is 0 Å². The van der Waals surface area contributed by atoms with Crippen LogP contribution in [0.1, 0.15) is 29.0 Å². The van der Waals surface area contributed by atoms with E-state index in [1.807, 2.05) is 11.3 Å². The number of aryl methyl sites for hydroxylation is 1. The minimum Gasteiger partial charge on any atom is -0.377 e. The Kier molecular flexibility index (Phi) is 4.18. The minimum atomic E-state index is 0.444. The molecule has 2 nitrogen and oxygen atoms in total. The Hall–Kier alpha value is -0.380. The Balaban J connectivity index is 1.65. The van der Waals surface area contributed by atoms with Gasteiger partial charge in [-0.05, 0) is 38.3 Å². The van der Waals surface area contributed by atoms with Crippen molar-refractivity contribution in [3.63, 3.8) is 0 Å². The summed E-state index contributed by atoms with van der Waals surface area (Å²) in [5.74, 6) is 0. The van der Waals surface area contributed by atoms with E-state index in [9.17, 15) is 0 Å². The van der Waals surface area contributed by atoms with Crippen molar-refractivity contribution in [2.45, 2.75) is 38.8 Å². The maximum atomic E-state index is 5.66. The molecule has 1 N–H and O–H groups in total. The molecule has 3 heteroatoms. The lowest BCUT2D eigenvalue weighted by Gasteiger charge is -2.22. The van der Waals surface area contributed by atoms with Crippen LogP contribution in [0.2, 0.25) is 0 Å². The maximum Gasteiger partial charge on any atom is 0.0699 e. The van der Waals surface area contributed by atoms with Gasteiger partial charge in [0.2, 0.25) is 0 Å². The molecule has 1 atom stereocenters. The zero-order chi connectivity index (χ0) is 10.5. The largest absolute Gasteiger partial charge is 0.377 e. The van der Waals surface area contributed by atoms with Crippen molar-refractivity contribution in [1.29, 1.82) is 0 Å². The van der Waals surface area contributed by atoms with E-state index >= 15 is 0 Å². The van der Waals surface area contributed by atoms with Crippen LogP contribution in [0.3, 0.4) is 0 Å². The van der Waals surface area contributed by atoms with Crippen LogP contribution in [0.5, 0.6) is 0 Å². The standard InChI is InChI=1S/C12H19NOS/c1-10-5-6-12(15-10)9-13-8-11-4-2-3-7-14-11/h5-6,11,13H,2-4,7-9H2,1H3. The first-order valence-electron chi connectivity index (χ1n) is 5.72. The highest BCUT2D eigenvalue weighted by Crippen LogP contribution is 2.15. The van der Waals surface area contributed by atoms with E-state index in [2.05, 4.69) is 24.4 Å². The fourth-order valence-corrected chi connectivity index (χ4v) is 2.76. The van der Waals surface area contributed by atoms with Gasteiger partial charge < -0.3 is 10.1 Å². The van der Waals surface area contributed by atoms with Gasteiger partial charge in [-0.1, -0.05) is 0 Å². The molecule has 1 aromatic rings. The van der Waals surface area contributed by atoms with Crippen molar-refractivity contribution in [2.75, 3.05) is 13.2 Å². The molecule has 0 bridgehead atoms. The Morgan fingerprint density at radius 3 is 3.07 bits per heavy atom. The summed E-state index contributed by atoms with van der Waals surface area (Å²) >= 11 is 1.87. The Labute approximate surface area is 95.6 Å². The topological polar surface area (TPSA) is 21.3 Å². The number of hydrogen-bond acceptors (Lipinski definition) is 3. The van der Waals surface area contributed by atoms with Gasteiger partial charge in [-0.25, -0.2) is 0 Å². The molecular formula is C12H19NOS. The van der Waals surface area contributed by atoms with Gasteiger partial charge in [0.15, 0.2) is 0 Å². The van der Waals surface area contributed by atoms with Crippen LogP contribution in [0.25, 0.3) is 0 Å². The van der Waals surface area contributed by atoms with E-state index in [0.717, 1.165) is 19.7 Å². The second-order valence-corrected chi connectivity index (χ2v) is 5.50. The van der Waals surface area contributed by atoms with Crippen LogP contribution in [0.4, 0.5) is 0 Å². The predicted molar refractivity (Wildman–Crippen MR) is 64.4 cm³/mol. The van der Waals surface area contributed by atoms with Gasteiger partial charge in [-0.3, -0.25) is 0 Å². The van der Waals surface area contributed by atoms with Crippen LogP contribution in [0, 0.1) is 6.92 Å². The molecule has 0 saturated carbocycles. The second kappa shape index (κ2) is 5.64. The lowest BCUT2D eigenvalue weighted by Crippen LogP contribution is -2.31. The predicted octanol–water partition coefficient (Wildman–Crippen LogP) is 2.72. The fraction of sp³-hybridized carbons (Fsp3) is 0.667. The Morgan fingerprint density at radius 2 is 2.40 bits per heavy atom. The molecule has 0 aliphatic carbocycles. The van der Waals surface area contributed by atoms with Crippen molar-refractivity contribution in [3.05, 3.63) is 21.9 Å². The molecule has 1 unspecified atom stereocenters. The Morgan fingerprint density at radius 1 is 1.47 bits per heavy atom. The second-order valence-electron chi connectivity index (χ2n) is 4.13. The van der Waals surface area contributed by atoms with E-state index in [4.69, 9.17) is 4.74 Å². The molecule has 0 spiro atoms. The third-order valence-corrected chi connectivity index (χ3v) is 3.74. The van der Waals surface area contributed by atoms with Gasteiger partial charge in [0.25, 0.3) is 0 Å². The molecule has 1 aliphatic heterocycles. The zero-order valence-corrected chi connectivity index (χ0v) is 10.1. The summed E-state index contributed by atoms with van der Waals surface area (Å²) < 4.78 is 5.66. The third-order valence-electron chi connectivity index (χ3n) is 2.74. The van der Waals surface area contributed by atoms with Gasteiger partial charge >= 0.3 is 0 Å². The summed E-state index contributed by atoms with van der Waals surface area (Å²) in [4.78, 5) is 2.81. The van der Waals surface area contributed by atoms with Crippen molar-refractivity contribution in [1.82, 2.24) is 5.32 Å². The van der Waals surface area contributed by atoms with E-state index in [1.54, 1.807) is 0 Å². The smallest absolute Gasteiger partial charge is 0.0699 e. The highest BCUT2D eigenvalue weighted by atomic mass is 32.1. The quantitative estimate of drug-likeness (QED) is 0.850.